The van der Waals surface area contributed by atoms with E-state index < -0.39 is 10.0 Å². The fraction of sp³-hybridized carbons (Fsp3) is 0.391. The average Bonchev–Trinajstić information content (AvgIpc) is 3.64. The van der Waals surface area contributed by atoms with Gasteiger partial charge in [-0.3, -0.25) is 9.59 Å². The predicted molar refractivity (Wildman–Crippen MR) is 118 cm³/mol. The van der Waals surface area contributed by atoms with Gasteiger partial charge in [-0.25, -0.2) is 8.42 Å². The van der Waals surface area contributed by atoms with Gasteiger partial charge in [-0.05, 0) is 67.6 Å². The summed E-state index contributed by atoms with van der Waals surface area (Å²) in [5.74, 6) is -0.0720. The van der Waals surface area contributed by atoms with Crippen molar-refractivity contribution in [1.82, 2.24) is 9.62 Å². The van der Waals surface area contributed by atoms with Gasteiger partial charge in [-0.15, -0.1) is 0 Å². The van der Waals surface area contributed by atoms with Crippen molar-refractivity contribution >= 4 is 27.5 Å². The highest BCUT2D eigenvalue weighted by atomic mass is 32.2. The van der Waals surface area contributed by atoms with Gasteiger partial charge in [-0.2, -0.15) is 4.31 Å². The van der Waals surface area contributed by atoms with Crippen LogP contribution in [-0.4, -0.2) is 37.6 Å². The zero-order valence-electron chi connectivity index (χ0n) is 17.3. The van der Waals surface area contributed by atoms with Crippen molar-refractivity contribution in [3.05, 3.63) is 59.7 Å². The van der Waals surface area contributed by atoms with Gasteiger partial charge >= 0.3 is 0 Å². The summed E-state index contributed by atoms with van der Waals surface area (Å²) < 4.78 is 27.0. The van der Waals surface area contributed by atoms with Gasteiger partial charge < -0.3 is 10.6 Å². The molecular weight excluding hydrogens is 414 g/mol. The standard InChI is InChI=1S/C23H27N3O4S/c27-22(18-8-10-20(11-9-18)25-23(28)19-6-7-19)24-16-17-4-12-21(13-5-17)31(29,30)26-14-2-1-3-15-26/h4-5,8-13,19H,1-3,6-7,14-16H2,(H,24,27)(H,25,28). The first-order chi connectivity index (χ1) is 14.9. The zero-order chi connectivity index (χ0) is 21.8. The summed E-state index contributed by atoms with van der Waals surface area (Å²) in [7, 11) is -3.45. The highest BCUT2D eigenvalue weighted by Crippen LogP contribution is 2.30. The van der Waals surface area contributed by atoms with E-state index in [2.05, 4.69) is 10.6 Å². The first-order valence-electron chi connectivity index (χ1n) is 10.7. The number of nitrogens with zero attached hydrogens (tertiary/aromatic N) is 1. The lowest BCUT2D eigenvalue weighted by Crippen LogP contribution is -2.35. The molecule has 4 rings (SSSR count). The number of hydrogen-bond acceptors (Lipinski definition) is 4. The summed E-state index contributed by atoms with van der Waals surface area (Å²) in [4.78, 5) is 24.5. The number of sulfonamides is 1. The van der Waals surface area contributed by atoms with Gasteiger partial charge in [-0.1, -0.05) is 18.6 Å². The van der Waals surface area contributed by atoms with Gasteiger partial charge in [0.05, 0.1) is 4.90 Å². The van der Waals surface area contributed by atoms with Gasteiger partial charge in [0.15, 0.2) is 0 Å². The van der Waals surface area contributed by atoms with Crippen LogP contribution in [0.2, 0.25) is 0 Å². The van der Waals surface area contributed by atoms with Gasteiger partial charge in [0.1, 0.15) is 0 Å². The fourth-order valence-electron chi connectivity index (χ4n) is 3.61. The summed E-state index contributed by atoms with van der Waals surface area (Å²) in [6, 6.07) is 13.4. The molecule has 164 valence electrons. The third-order valence-corrected chi connectivity index (χ3v) is 7.60. The van der Waals surface area contributed by atoms with Crippen molar-refractivity contribution < 1.29 is 18.0 Å². The Morgan fingerprint density at radius 1 is 0.903 bits per heavy atom. The molecule has 0 bridgehead atoms. The SMILES string of the molecule is O=C(NCc1ccc(S(=O)(=O)N2CCCCC2)cc1)c1ccc(NC(=O)C2CC2)cc1. The van der Waals surface area contributed by atoms with Crippen LogP contribution < -0.4 is 10.6 Å². The monoisotopic (exact) mass is 441 g/mol. The molecule has 1 aliphatic carbocycles. The highest BCUT2D eigenvalue weighted by Gasteiger charge is 2.29. The average molecular weight is 442 g/mol. The number of benzene rings is 2. The Morgan fingerprint density at radius 2 is 1.55 bits per heavy atom. The smallest absolute Gasteiger partial charge is 0.251 e. The summed E-state index contributed by atoms with van der Waals surface area (Å²) >= 11 is 0. The summed E-state index contributed by atoms with van der Waals surface area (Å²) in [6.07, 6.45) is 4.76. The Balaban J connectivity index is 1.31. The Labute approximate surface area is 182 Å². The molecule has 1 saturated carbocycles. The Hall–Kier alpha value is -2.71. The molecule has 0 unspecified atom stereocenters. The summed E-state index contributed by atoms with van der Waals surface area (Å²) in [5.41, 5.74) is 1.99. The molecule has 2 fully saturated rings. The number of anilines is 1. The molecule has 0 spiro atoms. The molecule has 8 heteroatoms. The highest BCUT2D eigenvalue weighted by molar-refractivity contribution is 7.89. The lowest BCUT2D eigenvalue weighted by atomic mass is 10.1. The zero-order valence-corrected chi connectivity index (χ0v) is 18.2. The predicted octanol–water partition coefficient (Wildman–Crippen LogP) is 3.14. The molecule has 2 aromatic carbocycles. The number of rotatable bonds is 7. The number of hydrogen-bond donors (Lipinski definition) is 2. The number of carbonyl (C=O) groups is 2. The molecule has 31 heavy (non-hydrogen) atoms. The third kappa shape index (κ3) is 5.32. The van der Waals surface area contributed by atoms with Gasteiger partial charge in [0.2, 0.25) is 15.9 Å². The minimum absolute atomic E-state index is 0.0305. The van der Waals surface area contributed by atoms with Crippen LogP contribution in [-0.2, 0) is 21.4 Å². The van der Waals surface area contributed by atoms with E-state index in [0.717, 1.165) is 37.7 Å². The van der Waals surface area contributed by atoms with Crippen molar-refractivity contribution in [2.75, 3.05) is 18.4 Å². The summed E-state index contributed by atoms with van der Waals surface area (Å²) in [6.45, 7) is 1.44. The topological polar surface area (TPSA) is 95.6 Å². The first kappa shape index (κ1) is 21.5. The quantitative estimate of drug-likeness (QED) is 0.690. The molecule has 1 heterocycles. The lowest BCUT2D eigenvalue weighted by molar-refractivity contribution is -0.117. The number of amides is 2. The van der Waals surface area contributed by atoms with Crippen molar-refractivity contribution in [3.8, 4) is 0 Å². The van der Waals surface area contributed by atoms with E-state index in [-0.39, 0.29) is 22.6 Å². The molecule has 2 aliphatic rings. The van der Waals surface area contributed by atoms with E-state index in [1.165, 1.54) is 0 Å². The lowest BCUT2D eigenvalue weighted by Gasteiger charge is -2.25. The molecule has 0 aromatic heterocycles. The maximum atomic E-state index is 12.7. The number of nitrogens with one attached hydrogen (secondary N) is 2. The second-order valence-corrected chi connectivity index (χ2v) is 10.1. The van der Waals surface area contributed by atoms with Crippen LogP contribution in [0, 0.1) is 5.92 Å². The Bertz CT molecular complexity index is 1040. The van der Waals surface area contributed by atoms with Crippen LogP contribution in [0.4, 0.5) is 5.69 Å². The van der Waals surface area contributed by atoms with Crippen LogP contribution >= 0.6 is 0 Å². The van der Waals surface area contributed by atoms with E-state index in [1.807, 2.05) is 0 Å². The minimum Gasteiger partial charge on any atom is -0.348 e. The van der Waals surface area contributed by atoms with Crippen molar-refractivity contribution in [1.29, 1.82) is 0 Å². The maximum absolute atomic E-state index is 12.7. The van der Waals surface area contributed by atoms with Crippen molar-refractivity contribution in [2.24, 2.45) is 5.92 Å². The normalized spacial score (nSPS) is 17.2. The first-order valence-corrected chi connectivity index (χ1v) is 12.2. The minimum atomic E-state index is -3.45. The van der Waals surface area contributed by atoms with Crippen LogP contribution in [0.1, 0.15) is 48.0 Å². The molecular formula is C23H27N3O4S. The Kier molecular flexibility index (Phi) is 6.38. The van der Waals surface area contributed by atoms with Gasteiger partial charge in [0.25, 0.3) is 5.91 Å². The van der Waals surface area contributed by atoms with Crippen LogP contribution in [0.25, 0.3) is 0 Å². The van der Waals surface area contributed by atoms with E-state index in [0.29, 0.717) is 30.9 Å². The van der Waals surface area contributed by atoms with E-state index >= 15 is 0 Å². The second kappa shape index (κ2) is 9.20. The largest absolute Gasteiger partial charge is 0.348 e. The van der Waals surface area contributed by atoms with Crippen LogP contribution in [0.15, 0.2) is 53.4 Å². The van der Waals surface area contributed by atoms with Crippen LogP contribution in [0.5, 0.6) is 0 Å². The number of piperidine rings is 1. The third-order valence-electron chi connectivity index (χ3n) is 5.69. The van der Waals surface area contributed by atoms with Crippen LogP contribution in [0.3, 0.4) is 0 Å². The van der Waals surface area contributed by atoms with E-state index in [4.69, 9.17) is 0 Å². The molecule has 2 amide bonds. The Morgan fingerprint density at radius 3 is 2.16 bits per heavy atom. The van der Waals surface area contributed by atoms with Crippen molar-refractivity contribution in [3.63, 3.8) is 0 Å². The molecule has 1 saturated heterocycles. The molecule has 2 N–H and O–H groups in total. The fourth-order valence-corrected chi connectivity index (χ4v) is 5.13. The van der Waals surface area contributed by atoms with Gasteiger partial charge in [0, 0.05) is 36.8 Å². The van der Waals surface area contributed by atoms with Crippen molar-refractivity contribution in [2.45, 2.75) is 43.5 Å². The molecule has 7 nitrogen and oxygen atoms in total. The number of carbonyl (C=O) groups excluding carboxylic acids is 2. The summed E-state index contributed by atoms with van der Waals surface area (Å²) in [5, 5.41) is 5.68. The molecule has 1 aliphatic heterocycles. The van der Waals surface area contributed by atoms with E-state index in [1.54, 1.807) is 52.8 Å². The molecule has 2 aromatic rings. The molecule has 0 radical (unpaired) electrons. The second-order valence-electron chi connectivity index (χ2n) is 8.13. The molecule has 0 atom stereocenters. The maximum Gasteiger partial charge on any atom is 0.251 e. The van der Waals surface area contributed by atoms with E-state index in [9.17, 15) is 18.0 Å².